The van der Waals surface area contributed by atoms with Crippen molar-refractivity contribution in [3.63, 3.8) is 0 Å². The minimum Gasteiger partial charge on any atom is -0.322 e. The second kappa shape index (κ2) is 7.69. The van der Waals surface area contributed by atoms with E-state index < -0.39 is 10.8 Å². The lowest BCUT2D eigenvalue weighted by molar-refractivity contribution is -0.384. The van der Waals surface area contributed by atoms with Gasteiger partial charge in [0.15, 0.2) is 0 Å². The summed E-state index contributed by atoms with van der Waals surface area (Å²) < 4.78 is 0. The number of hydrogen-bond acceptors (Lipinski definition) is 4. The summed E-state index contributed by atoms with van der Waals surface area (Å²) in [5, 5.41) is 14.9. The van der Waals surface area contributed by atoms with Gasteiger partial charge in [-0.2, -0.15) is 0 Å². The normalized spacial score (nSPS) is 10.7. The molecule has 0 aliphatic carbocycles. The van der Waals surface area contributed by atoms with Crippen molar-refractivity contribution in [1.29, 1.82) is 0 Å². The fourth-order valence-corrected chi connectivity index (χ4v) is 3.30. The molecule has 142 valence electrons. The number of hydrogen-bond donors (Lipinski definition) is 1. The molecule has 1 aromatic heterocycles. The first-order valence-corrected chi connectivity index (χ1v) is 9.11. The van der Waals surface area contributed by atoms with Crippen molar-refractivity contribution in [2.75, 3.05) is 5.32 Å². The quantitative estimate of drug-likeness (QED) is 0.349. The van der Waals surface area contributed by atoms with E-state index in [0.29, 0.717) is 38.4 Å². The maximum atomic E-state index is 13.0. The largest absolute Gasteiger partial charge is 0.322 e. The molecule has 0 fully saturated rings. The Morgan fingerprint density at radius 2 is 1.72 bits per heavy atom. The van der Waals surface area contributed by atoms with E-state index in [2.05, 4.69) is 10.3 Å². The Hall–Kier alpha value is -3.77. The molecular formula is C22H14ClN3O3. The molecule has 0 radical (unpaired) electrons. The Kier molecular flexibility index (Phi) is 4.93. The Morgan fingerprint density at radius 1 is 0.966 bits per heavy atom. The van der Waals surface area contributed by atoms with Gasteiger partial charge in [0.1, 0.15) is 0 Å². The van der Waals surface area contributed by atoms with Gasteiger partial charge in [0, 0.05) is 33.8 Å². The van der Waals surface area contributed by atoms with Crippen molar-refractivity contribution in [1.82, 2.24) is 4.98 Å². The first-order valence-electron chi connectivity index (χ1n) is 8.73. The lowest BCUT2D eigenvalue weighted by atomic mass is 10.0. The fraction of sp³-hybridized carbons (Fsp3) is 0. The van der Waals surface area contributed by atoms with Crippen molar-refractivity contribution in [3.8, 4) is 11.3 Å². The van der Waals surface area contributed by atoms with E-state index >= 15 is 0 Å². The van der Waals surface area contributed by atoms with Crippen LogP contribution in [-0.2, 0) is 0 Å². The number of halogens is 1. The topological polar surface area (TPSA) is 85.1 Å². The number of benzene rings is 3. The maximum Gasteiger partial charge on any atom is 0.271 e. The van der Waals surface area contributed by atoms with Gasteiger partial charge < -0.3 is 5.32 Å². The number of nitrogens with one attached hydrogen (secondary N) is 1. The van der Waals surface area contributed by atoms with Gasteiger partial charge in [-0.15, -0.1) is 0 Å². The van der Waals surface area contributed by atoms with Crippen LogP contribution >= 0.6 is 11.6 Å². The zero-order valence-corrected chi connectivity index (χ0v) is 15.8. The molecule has 0 aliphatic rings. The predicted octanol–water partition coefficient (Wildman–Crippen LogP) is 5.72. The highest BCUT2D eigenvalue weighted by Gasteiger charge is 2.16. The summed E-state index contributed by atoms with van der Waals surface area (Å²) in [6.07, 6.45) is 0. The SMILES string of the molecule is O=C(Nc1cccc([N+](=O)[O-])c1)c1cc(-c2ccccc2Cl)nc2ccccc12. The molecule has 1 heterocycles. The van der Waals surface area contributed by atoms with Crippen LogP contribution in [0.4, 0.5) is 11.4 Å². The van der Waals surface area contributed by atoms with Crippen molar-refractivity contribution in [2.45, 2.75) is 0 Å². The van der Waals surface area contributed by atoms with Crippen LogP contribution in [0, 0.1) is 10.1 Å². The maximum absolute atomic E-state index is 13.0. The summed E-state index contributed by atoms with van der Waals surface area (Å²) in [5.74, 6) is -0.391. The Morgan fingerprint density at radius 3 is 2.52 bits per heavy atom. The molecule has 0 atom stereocenters. The van der Waals surface area contributed by atoms with Crippen LogP contribution < -0.4 is 5.32 Å². The van der Waals surface area contributed by atoms with Crippen molar-refractivity contribution in [3.05, 3.63) is 99.6 Å². The molecule has 6 nitrogen and oxygen atoms in total. The number of para-hydroxylation sites is 1. The van der Waals surface area contributed by atoms with E-state index in [4.69, 9.17) is 11.6 Å². The van der Waals surface area contributed by atoms with Crippen LogP contribution in [0.2, 0.25) is 5.02 Å². The van der Waals surface area contributed by atoms with E-state index in [0.717, 1.165) is 0 Å². The number of non-ortho nitro benzene ring substituents is 1. The van der Waals surface area contributed by atoms with Crippen LogP contribution in [-0.4, -0.2) is 15.8 Å². The summed E-state index contributed by atoms with van der Waals surface area (Å²) in [6.45, 7) is 0. The number of carbonyl (C=O) groups is 1. The molecule has 0 bridgehead atoms. The Labute approximate surface area is 170 Å². The lowest BCUT2D eigenvalue weighted by Crippen LogP contribution is -2.13. The molecule has 29 heavy (non-hydrogen) atoms. The predicted molar refractivity (Wildman–Crippen MR) is 113 cm³/mol. The molecule has 0 unspecified atom stereocenters. The molecule has 0 saturated heterocycles. The number of nitro groups is 1. The molecule has 1 N–H and O–H groups in total. The number of anilines is 1. The fourth-order valence-electron chi connectivity index (χ4n) is 3.07. The molecule has 0 saturated carbocycles. The monoisotopic (exact) mass is 403 g/mol. The number of carbonyl (C=O) groups excluding carboxylic acids is 1. The second-order valence-corrected chi connectivity index (χ2v) is 6.72. The van der Waals surface area contributed by atoms with Gasteiger partial charge in [0.05, 0.1) is 21.7 Å². The average Bonchev–Trinajstić information content (AvgIpc) is 2.73. The number of aromatic nitrogens is 1. The van der Waals surface area contributed by atoms with E-state index in [1.807, 2.05) is 36.4 Å². The smallest absolute Gasteiger partial charge is 0.271 e. The first kappa shape index (κ1) is 18.6. The van der Waals surface area contributed by atoms with Gasteiger partial charge >= 0.3 is 0 Å². The Balaban J connectivity index is 1.80. The minimum atomic E-state index is -0.507. The third-order valence-corrected chi connectivity index (χ3v) is 4.76. The minimum absolute atomic E-state index is 0.0980. The first-order chi connectivity index (χ1) is 14.0. The third-order valence-electron chi connectivity index (χ3n) is 4.43. The number of pyridine rings is 1. The molecule has 0 spiro atoms. The van der Waals surface area contributed by atoms with Gasteiger partial charge in [-0.05, 0) is 24.3 Å². The highest BCUT2D eigenvalue weighted by molar-refractivity contribution is 6.33. The van der Waals surface area contributed by atoms with Crippen LogP contribution in [0.3, 0.4) is 0 Å². The highest BCUT2D eigenvalue weighted by Crippen LogP contribution is 2.30. The van der Waals surface area contributed by atoms with Gasteiger partial charge in [0.25, 0.3) is 11.6 Å². The number of nitrogens with zero attached hydrogens (tertiary/aromatic N) is 2. The zero-order chi connectivity index (χ0) is 20.4. The third kappa shape index (κ3) is 3.79. The van der Waals surface area contributed by atoms with Crippen LogP contribution in [0.25, 0.3) is 22.2 Å². The van der Waals surface area contributed by atoms with E-state index in [-0.39, 0.29) is 5.69 Å². The summed E-state index contributed by atoms with van der Waals surface area (Å²) >= 11 is 6.31. The van der Waals surface area contributed by atoms with Crippen molar-refractivity contribution >= 4 is 39.8 Å². The molecule has 7 heteroatoms. The molecule has 1 amide bonds. The molecule has 4 aromatic rings. The van der Waals surface area contributed by atoms with Crippen molar-refractivity contribution in [2.24, 2.45) is 0 Å². The Bertz CT molecular complexity index is 1260. The number of fused-ring (bicyclic) bond motifs is 1. The number of rotatable bonds is 4. The van der Waals surface area contributed by atoms with Crippen LogP contribution in [0.5, 0.6) is 0 Å². The molecule has 3 aromatic carbocycles. The lowest BCUT2D eigenvalue weighted by Gasteiger charge is -2.11. The van der Waals surface area contributed by atoms with E-state index in [9.17, 15) is 14.9 Å². The molecule has 0 aliphatic heterocycles. The summed E-state index contributed by atoms with van der Waals surface area (Å²) in [7, 11) is 0. The zero-order valence-electron chi connectivity index (χ0n) is 15.0. The van der Waals surface area contributed by atoms with Gasteiger partial charge in [-0.3, -0.25) is 14.9 Å². The summed E-state index contributed by atoms with van der Waals surface area (Å²) in [5.41, 5.74) is 2.57. The number of amides is 1. The molecular weight excluding hydrogens is 390 g/mol. The molecule has 4 rings (SSSR count). The average molecular weight is 404 g/mol. The van der Waals surface area contributed by atoms with E-state index in [1.165, 1.54) is 18.2 Å². The standard InChI is InChI=1S/C22H14ClN3O3/c23-19-10-3-1-9-17(19)21-13-18(16-8-2-4-11-20(16)25-21)22(27)24-14-6-5-7-15(12-14)26(28)29/h1-13H,(H,24,27). The second-order valence-electron chi connectivity index (χ2n) is 6.31. The van der Waals surface area contributed by atoms with Gasteiger partial charge in [-0.1, -0.05) is 54.1 Å². The summed E-state index contributed by atoms with van der Waals surface area (Å²) in [6, 6.07) is 22.0. The number of nitro benzene ring substituents is 1. The van der Waals surface area contributed by atoms with Gasteiger partial charge in [0.2, 0.25) is 0 Å². The van der Waals surface area contributed by atoms with Crippen molar-refractivity contribution < 1.29 is 9.72 Å². The van der Waals surface area contributed by atoms with Crippen LogP contribution in [0.15, 0.2) is 78.9 Å². The highest BCUT2D eigenvalue weighted by atomic mass is 35.5. The van der Waals surface area contributed by atoms with E-state index in [1.54, 1.807) is 24.3 Å². The van der Waals surface area contributed by atoms with Crippen LogP contribution in [0.1, 0.15) is 10.4 Å². The summed E-state index contributed by atoms with van der Waals surface area (Å²) in [4.78, 5) is 28.2. The van der Waals surface area contributed by atoms with Gasteiger partial charge in [-0.25, -0.2) is 4.98 Å².